The van der Waals surface area contributed by atoms with Crippen molar-refractivity contribution in [1.82, 2.24) is 0 Å². The van der Waals surface area contributed by atoms with Crippen LogP contribution in [0.5, 0.6) is 0 Å². The molecular formula is C13H7F3N2. The maximum Gasteiger partial charge on any atom is 0.147 e. The molecule has 0 fully saturated rings. The van der Waals surface area contributed by atoms with Crippen LogP contribution in [0.15, 0.2) is 36.4 Å². The molecule has 2 nitrogen and oxygen atoms in total. The fraction of sp³-hybridized carbons (Fsp3) is 0. The van der Waals surface area contributed by atoms with E-state index in [9.17, 15) is 13.2 Å². The Hall–Kier alpha value is -2.48. The molecule has 0 atom stereocenters. The first-order valence-electron chi connectivity index (χ1n) is 5.01. The second-order valence-corrected chi connectivity index (χ2v) is 3.59. The molecule has 5 heteroatoms. The molecule has 2 aromatic carbocycles. The highest BCUT2D eigenvalue weighted by Gasteiger charge is 2.06. The van der Waals surface area contributed by atoms with Gasteiger partial charge in [0.15, 0.2) is 0 Å². The van der Waals surface area contributed by atoms with Gasteiger partial charge in [-0.15, -0.1) is 0 Å². The molecule has 0 aliphatic rings. The minimum absolute atomic E-state index is 0.0407. The van der Waals surface area contributed by atoms with Crippen molar-refractivity contribution in [2.45, 2.75) is 0 Å². The van der Waals surface area contributed by atoms with E-state index < -0.39 is 17.5 Å². The third-order valence-corrected chi connectivity index (χ3v) is 2.24. The zero-order chi connectivity index (χ0) is 13.1. The highest BCUT2D eigenvalue weighted by molar-refractivity contribution is 5.61. The van der Waals surface area contributed by atoms with Crippen molar-refractivity contribution in [3.8, 4) is 6.07 Å². The Morgan fingerprint density at radius 3 is 2.17 bits per heavy atom. The van der Waals surface area contributed by atoms with E-state index in [1.165, 1.54) is 12.1 Å². The van der Waals surface area contributed by atoms with Crippen molar-refractivity contribution in [2.75, 3.05) is 5.32 Å². The molecule has 0 bridgehead atoms. The summed E-state index contributed by atoms with van der Waals surface area (Å²) in [6, 6.07) is 8.37. The van der Waals surface area contributed by atoms with Gasteiger partial charge in [-0.05, 0) is 30.3 Å². The Morgan fingerprint density at radius 2 is 1.61 bits per heavy atom. The predicted octanol–water partition coefficient (Wildman–Crippen LogP) is 3.72. The fourth-order valence-electron chi connectivity index (χ4n) is 1.47. The van der Waals surface area contributed by atoms with Crippen molar-refractivity contribution in [2.24, 2.45) is 0 Å². The normalized spacial score (nSPS) is 9.89. The first kappa shape index (κ1) is 12.0. The largest absolute Gasteiger partial charge is 0.353 e. The molecule has 90 valence electrons. The highest BCUT2D eigenvalue weighted by Crippen LogP contribution is 2.22. The molecule has 0 amide bonds. The molecule has 0 radical (unpaired) electrons. The van der Waals surface area contributed by atoms with Crippen LogP contribution in [0, 0.1) is 28.8 Å². The Bertz CT molecular complexity index is 612. The summed E-state index contributed by atoms with van der Waals surface area (Å²) in [4.78, 5) is 0. The smallest absolute Gasteiger partial charge is 0.147 e. The van der Waals surface area contributed by atoms with Crippen LogP contribution in [-0.4, -0.2) is 0 Å². The average Bonchev–Trinajstić information content (AvgIpc) is 2.30. The summed E-state index contributed by atoms with van der Waals surface area (Å²) < 4.78 is 39.4. The molecule has 1 N–H and O–H groups in total. The van der Waals surface area contributed by atoms with Crippen LogP contribution in [0.2, 0.25) is 0 Å². The number of anilines is 2. The van der Waals surface area contributed by atoms with Crippen molar-refractivity contribution in [3.63, 3.8) is 0 Å². The van der Waals surface area contributed by atoms with Crippen molar-refractivity contribution < 1.29 is 13.2 Å². The van der Waals surface area contributed by atoms with Crippen LogP contribution in [0.1, 0.15) is 5.56 Å². The van der Waals surface area contributed by atoms with Gasteiger partial charge in [-0.1, -0.05) is 0 Å². The van der Waals surface area contributed by atoms with E-state index in [0.717, 1.165) is 24.3 Å². The second-order valence-electron chi connectivity index (χ2n) is 3.59. The zero-order valence-corrected chi connectivity index (χ0v) is 9.05. The number of hydrogen-bond acceptors (Lipinski definition) is 2. The van der Waals surface area contributed by atoms with Crippen LogP contribution in [0.3, 0.4) is 0 Å². The molecule has 0 unspecified atom stereocenters. The zero-order valence-electron chi connectivity index (χ0n) is 9.05. The Balaban J connectivity index is 2.31. The molecule has 0 aliphatic heterocycles. The molecule has 0 spiro atoms. The SMILES string of the molecule is N#Cc1ccc(Nc2cc(F)cc(F)c2)c(F)c1. The number of benzene rings is 2. The number of hydrogen-bond donors (Lipinski definition) is 1. The van der Waals surface area contributed by atoms with E-state index in [2.05, 4.69) is 5.32 Å². The summed E-state index contributed by atoms with van der Waals surface area (Å²) in [5, 5.41) is 11.1. The van der Waals surface area contributed by atoms with Gasteiger partial charge in [-0.2, -0.15) is 5.26 Å². The Morgan fingerprint density at radius 1 is 0.944 bits per heavy atom. The summed E-state index contributed by atoms with van der Waals surface area (Å²) in [6.07, 6.45) is 0. The minimum Gasteiger partial charge on any atom is -0.353 e. The van der Waals surface area contributed by atoms with E-state index in [0.29, 0.717) is 0 Å². The molecule has 0 aliphatic carbocycles. The van der Waals surface area contributed by atoms with E-state index in [-0.39, 0.29) is 16.9 Å². The van der Waals surface area contributed by atoms with Crippen LogP contribution in [-0.2, 0) is 0 Å². The number of nitrogens with one attached hydrogen (secondary N) is 1. The summed E-state index contributed by atoms with van der Waals surface area (Å²) in [6.45, 7) is 0. The van der Waals surface area contributed by atoms with E-state index in [1.54, 1.807) is 6.07 Å². The fourth-order valence-corrected chi connectivity index (χ4v) is 1.47. The quantitative estimate of drug-likeness (QED) is 0.879. The van der Waals surface area contributed by atoms with Crippen LogP contribution in [0.4, 0.5) is 24.5 Å². The van der Waals surface area contributed by atoms with Gasteiger partial charge < -0.3 is 5.32 Å². The van der Waals surface area contributed by atoms with Crippen LogP contribution in [0.25, 0.3) is 0 Å². The van der Waals surface area contributed by atoms with Crippen LogP contribution >= 0.6 is 0 Å². The van der Waals surface area contributed by atoms with Gasteiger partial charge in [0.25, 0.3) is 0 Å². The summed E-state index contributed by atoms with van der Waals surface area (Å²) in [5.74, 6) is -2.18. The van der Waals surface area contributed by atoms with E-state index >= 15 is 0 Å². The molecule has 0 heterocycles. The monoisotopic (exact) mass is 248 g/mol. The molecule has 0 saturated carbocycles. The topological polar surface area (TPSA) is 35.8 Å². The van der Waals surface area contributed by atoms with Gasteiger partial charge in [-0.3, -0.25) is 0 Å². The summed E-state index contributed by atoms with van der Waals surface area (Å²) in [5.41, 5.74) is 0.304. The lowest BCUT2D eigenvalue weighted by atomic mass is 10.2. The highest BCUT2D eigenvalue weighted by atomic mass is 19.1. The number of halogens is 3. The van der Waals surface area contributed by atoms with Gasteiger partial charge >= 0.3 is 0 Å². The molecule has 18 heavy (non-hydrogen) atoms. The van der Waals surface area contributed by atoms with Gasteiger partial charge in [-0.25, -0.2) is 13.2 Å². The maximum atomic E-state index is 13.5. The number of nitrogens with zero attached hydrogens (tertiary/aromatic N) is 1. The molecule has 0 saturated heterocycles. The van der Waals surface area contributed by atoms with Gasteiger partial charge in [0.05, 0.1) is 17.3 Å². The van der Waals surface area contributed by atoms with Gasteiger partial charge in [0.1, 0.15) is 17.5 Å². The molecular weight excluding hydrogens is 241 g/mol. The van der Waals surface area contributed by atoms with Crippen molar-refractivity contribution >= 4 is 11.4 Å². The first-order valence-corrected chi connectivity index (χ1v) is 5.01. The Kier molecular flexibility index (Phi) is 3.20. The van der Waals surface area contributed by atoms with Gasteiger partial charge in [0.2, 0.25) is 0 Å². The van der Waals surface area contributed by atoms with Crippen molar-refractivity contribution in [1.29, 1.82) is 5.26 Å². The maximum absolute atomic E-state index is 13.5. The van der Waals surface area contributed by atoms with E-state index in [4.69, 9.17) is 5.26 Å². The third kappa shape index (κ3) is 2.61. The van der Waals surface area contributed by atoms with E-state index in [1.807, 2.05) is 0 Å². The standard InChI is InChI=1S/C13H7F3N2/c14-9-4-10(15)6-11(5-9)18-13-2-1-8(7-17)3-12(13)16/h1-6,18H. The second kappa shape index (κ2) is 4.80. The molecule has 0 aromatic heterocycles. The lowest BCUT2D eigenvalue weighted by molar-refractivity contribution is 0.584. The number of nitriles is 1. The van der Waals surface area contributed by atoms with Gasteiger partial charge in [0, 0.05) is 11.8 Å². The summed E-state index contributed by atoms with van der Waals surface area (Å²) in [7, 11) is 0. The lowest BCUT2D eigenvalue weighted by Gasteiger charge is -2.08. The molecule has 2 rings (SSSR count). The lowest BCUT2D eigenvalue weighted by Crippen LogP contribution is -1.95. The minimum atomic E-state index is -0.758. The number of rotatable bonds is 2. The van der Waals surface area contributed by atoms with Crippen molar-refractivity contribution in [3.05, 3.63) is 59.4 Å². The molecule has 2 aromatic rings. The summed E-state index contributed by atoms with van der Waals surface area (Å²) >= 11 is 0. The third-order valence-electron chi connectivity index (χ3n) is 2.24. The Labute approximate surface area is 101 Å². The first-order chi connectivity index (χ1) is 8.58. The average molecular weight is 248 g/mol. The predicted molar refractivity (Wildman–Crippen MR) is 60.8 cm³/mol. The van der Waals surface area contributed by atoms with Crippen LogP contribution < -0.4 is 5.32 Å².